The number of benzene rings is 2. The number of aromatic nitrogens is 1. The molecule has 3 fully saturated rings. The largest absolute Gasteiger partial charge is 0.357 e. The van der Waals surface area contributed by atoms with Crippen LogP contribution < -0.4 is 0 Å². The summed E-state index contributed by atoms with van der Waals surface area (Å²) in [6, 6.07) is 10.8. The lowest BCUT2D eigenvalue weighted by Gasteiger charge is -2.64. The Morgan fingerprint density at radius 1 is 1.17 bits per heavy atom. The van der Waals surface area contributed by atoms with Crippen molar-refractivity contribution in [2.45, 2.75) is 44.7 Å². The van der Waals surface area contributed by atoms with Crippen molar-refractivity contribution in [2.24, 2.45) is 11.3 Å². The predicted octanol–water partition coefficient (Wildman–Crippen LogP) is 6.23. The molecular weight excluding hydrogens is 378 g/mol. The monoisotopic (exact) mass is 404 g/mol. The molecule has 7 rings (SSSR count). The first-order valence-electron chi connectivity index (χ1n) is 10.9. The SMILES string of the molecule is C=Cc1cc(F)c([C@H]2c3[nH]c4ccccc4c3C[C@@H](C)N2CC23CC(C2)C3)c(F)c1. The predicted molar refractivity (Wildman–Crippen MR) is 116 cm³/mol. The van der Waals surface area contributed by atoms with Crippen LogP contribution in [0, 0.1) is 23.0 Å². The Morgan fingerprint density at radius 3 is 2.50 bits per heavy atom. The molecular formula is C26H26F2N2. The first-order valence-corrected chi connectivity index (χ1v) is 10.9. The highest BCUT2D eigenvalue weighted by Gasteiger charge is 2.58. The minimum Gasteiger partial charge on any atom is -0.357 e. The second-order valence-electron chi connectivity index (χ2n) is 9.77. The maximum Gasteiger partial charge on any atom is 0.131 e. The number of halogens is 2. The molecule has 2 heterocycles. The Morgan fingerprint density at radius 2 is 1.87 bits per heavy atom. The third-order valence-electron chi connectivity index (χ3n) is 7.81. The van der Waals surface area contributed by atoms with Crippen molar-refractivity contribution >= 4 is 17.0 Å². The maximum absolute atomic E-state index is 15.3. The van der Waals surface area contributed by atoms with E-state index in [-0.39, 0.29) is 11.6 Å². The van der Waals surface area contributed by atoms with E-state index in [0.717, 1.165) is 35.5 Å². The second-order valence-corrected chi connectivity index (χ2v) is 9.77. The fraction of sp³-hybridized carbons (Fsp3) is 0.385. The molecule has 30 heavy (non-hydrogen) atoms. The number of nitrogens with zero attached hydrogens (tertiary/aromatic N) is 1. The molecule has 2 bridgehead atoms. The molecule has 1 N–H and O–H groups in total. The van der Waals surface area contributed by atoms with Gasteiger partial charge in [0.1, 0.15) is 11.6 Å². The summed E-state index contributed by atoms with van der Waals surface area (Å²) in [7, 11) is 0. The summed E-state index contributed by atoms with van der Waals surface area (Å²) in [5.74, 6) is -0.0973. The summed E-state index contributed by atoms with van der Waals surface area (Å²) >= 11 is 0. The van der Waals surface area contributed by atoms with Crippen LogP contribution in [-0.2, 0) is 6.42 Å². The van der Waals surface area contributed by atoms with Crippen molar-refractivity contribution in [1.29, 1.82) is 0 Å². The molecule has 1 aromatic heterocycles. The molecule has 154 valence electrons. The number of rotatable bonds is 4. The summed E-state index contributed by atoms with van der Waals surface area (Å²) in [5.41, 5.74) is 4.17. The minimum absolute atomic E-state index is 0.159. The van der Waals surface area contributed by atoms with Crippen LogP contribution >= 0.6 is 0 Å². The first kappa shape index (κ1) is 18.3. The van der Waals surface area contributed by atoms with Gasteiger partial charge in [-0.1, -0.05) is 30.9 Å². The van der Waals surface area contributed by atoms with Gasteiger partial charge in [-0.05, 0) is 73.3 Å². The number of fused-ring (bicyclic) bond motifs is 3. The van der Waals surface area contributed by atoms with Gasteiger partial charge in [0.05, 0.1) is 6.04 Å². The highest BCUT2D eigenvalue weighted by atomic mass is 19.1. The van der Waals surface area contributed by atoms with Crippen LogP contribution in [0.1, 0.15) is 54.6 Å². The van der Waals surface area contributed by atoms with E-state index in [1.807, 2.05) is 18.2 Å². The van der Waals surface area contributed by atoms with Gasteiger partial charge in [0.2, 0.25) is 0 Å². The lowest BCUT2D eigenvalue weighted by molar-refractivity contribution is -0.135. The Balaban J connectivity index is 1.55. The third-order valence-corrected chi connectivity index (χ3v) is 7.81. The standard InChI is InChI=1S/C26H26F2N2/c1-3-16-9-20(27)23(21(28)10-16)25-24-19(18-6-4-5-7-22(18)29-24)8-15(2)30(25)14-26-11-17(12-26)13-26/h3-7,9-10,15,17,25,29H,1,8,11-14H2,2H3/t15-,17?,25+,26?/m1/s1. The van der Waals surface area contributed by atoms with Crippen LogP contribution in [-0.4, -0.2) is 22.5 Å². The quantitative estimate of drug-likeness (QED) is 0.546. The molecule has 2 atom stereocenters. The van der Waals surface area contributed by atoms with Crippen LogP contribution in [0.15, 0.2) is 43.0 Å². The zero-order valence-electron chi connectivity index (χ0n) is 17.2. The molecule has 0 amide bonds. The van der Waals surface area contributed by atoms with Gasteiger partial charge >= 0.3 is 0 Å². The lowest BCUT2D eigenvalue weighted by Crippen LogP contribution is -2.60. The molecule has 0 saturated heterocycles. The third kappa shape index (κ3) is 2.49. The number of para-hydroxylation sites is 1. The van der Waals surface area contributed by atoms with E-state index in [9.17, 15) is 0 Å². The fourth-order valence-electron chi connectivity index (χ4n) is 6.29. The molecule has 2 aromatic carbocycles. The van der Waals surface area contributed by atoms with Crippen LogP contribution in [0.5, 0.6) is 0 Å². The van der Waals surface area contributed by atoms with Gasteiger partial charge in [-0.2, -0.15) is 0 Å². The Labute approximate surface area is 175 Å². The van der Waals surface area contributed by atoms with Gasteiger partial charge in [0.25, 0.3) is 0 Å². The normalized spacial score (nSPS) is 29.9. The van der Waals surface area contributed by atoms with Crippen molar-refractivity contribution in [2.75, 3.05) is 6.54 Å². The Kier molecular flexibility index (Phi) is 3.83. The molecule has 1 aliphatic heterocycles. The average Bonchev–Trinajstić information content (AvgIpc) is 3.02. The second kappa shape index (κ2) is 6.27. The van der Waals surface area contributed by atoms with E-state index >= 15 is 8.78 Å². The summed E-state index contributed by atoms with van der Waals surface area (Å²) < 4.78 is 30.7. The summed E-state index contributed by atoms with van der Waals surface area (Å²) in [6.45, 7) is 6.78. The van der Waals surface area contributed by atoms with E-state index in [0.29, 0.717) is 11.0 Å². The van der Waals surface area contributed by atoms with Crippen LogP contribution in [0.4, 0.5) is 8.78 Å². The van der Waals surface area contributed by atoms with E-state index in [1.165, 1.54) is 43.0 Å². The van der Waals surface area contributed by atoms with Crippen molar-refractivity contribution in [3.05, 3.63) is 77.0 Å². The topological polar surface area (TPSA) is 19.0 Å². The molecule has 0 unspecified atom stereocenters. The van der Waals surface area contributed by atoms with E-state index in [4.69, 9.17) is 0 Å². The maximum atomic E-state index is 15.3. The lowest BCUT2D eigenvalue weighted by atomic mass is 9.44. The highest BCUT2D eigenvalue weighted by Crippen LogP contribution is 2.65. The number of aromatic amines is 1. The smallest absolute Gasteiger partial charge is 0.131 e. The molecule has 3 saturated carbocycles. The molecule has 4 aliphatic rings. The van der Waals surface area contributed by atoms with Crippen LogP contribution in [0.3, 0.4) is 0 Å². The molecule has 4 heteroatoms. The number of hydrogen-bond donors (Lipinski definition) is 1. The van der Waals surface area contributed by atoms with Gasteiger partial charge in [0, 0.05) is 34.7 Å². The average molecular weight is 405 g/mol. The zero-order valence-corrected chi connectivity index (χ0v) is 17.2. The van der Waals surface area contributed by atoms with Gasteiger partial charge in [-0.25, -0.2) is 8.78 Å². The summed E-state index contributed by atoms with van der Waals surface area (Å²) in [6.07, 6.45) is 6.19. The van der Waals surface area contributed by atoms with Crippen molar-refractivity contribution < 1.29 is 8.78 Å². The number of H-pyrrole nitrogens is 1. The molecule has 0 spiro atoms. The van der Waals surface area contributed by atoms with E-state index in [1.54, 1.807) is 0 Å². The van der Waals surface area contributed by atoms with Crippen molar-refractivity contribution in [1.82, 2.24) is 9.88 Å². The van der Waals surface area contributed by atoms with Crippen LogP contribution in [0.2, 0.25) is 0 Å². The minimum atomic E-state index is -0.490. The van der Waals surface area contributed by atoms with Gasteiger partial charge in [-0.3, -0.25) is 4.90 Å². The summed E-state index contributed by atoms with van der Waals surface area (Å²) in [5, 5.41) is 1.16. The summed E-state index contributed by atoms with van der Waals surface area (Å²) in [4.78, 5) is 5.90. The van der Waals surface area contributed by atoms with Crippen LogP contribution in [0.25, 0.3) is 17.0 Å². The molecule has 0 radical (unpaired) electrons. The number of nitrogens with one attached hydrogen (secondary N) is 1. The van der Waals surface area contributed by atoms with Gasteiger partial charge < -0.3 is 4.98 Å². The Bertz CT molecular complexity index is 1140. The fourth-order valence-corrected chi connectivity index (χ4v) is 6.29. The first-order chi connectivity index (χ1) is 14.5. The van der Waals surface area contributed by atoms with Crippen molar-refractivity contribution in [3.63, 3.8) is 0 Å². The molecule has 3 aliphatic carbocycles. The molecule has 3 aromatic rings. The molecule has 2 nitrogen and oxygen atoms in total. The Hall–Kier alpha value is -2.46. The van der Waals surface area contributed by atoms with Gasteiger partial charge in [-0.15, -0.1) is 0 Å². The highest BCUT2D eigenvalue weighted by molar-refractivity contribution is 5.85. The zero-order chi connectivity index (χ0) is 20.6. The van der Waals surface area contributed by atoms with Crippen molar-refractivity contribution in [3.8, 4) is 0 Å². The van der Waals surface area contributed by atoms with Gasteiger partial charge in [0.15, 0.2) is 0 Å². The van der Waals surface area contributed by atoms with E-state index < -0.39 is 17.7 Å². The number of hydrogen-bond acceptors (Lipinski definition) is 1. The van der Waals surface area contributed by atoms with E-state index in [2.05, 4.69) is 29.5 Å².